The zero-order valence-electron chi connectivity index (χ0n) is 16.4. The monoisotopic (exact) mass is 390 g/mol. The fourth-order valence-electron chi connectivity index (χ4n) is 2.53. The molecule has 0 aromatic heterocycles. The Morgan fingerprint density at radius 1 is 0.960 bits per heavy atom. The van der Waals surface area contributed by atoms with Crippen LogP contribution in [0.3, 0.4) is 0 Å². The molecule has 8 heteroatoms. The second-order valence-electron chi connectivity index (χ2n) is 7.50. The quantitative estimate of drug-likeness (QED) is 0.210. The largest absolute Gasteiger partial charge is 0.481 e. The molecule has 0 saturated heterocycles. The zero-order chi connectivity index (χ0) is 19.5. The molecule has 0 fully saturated rings. The third-order valence-electron chi connectivity index (χ3n) is 3.60. The van der Waals surface area contributed by atoms with E-state index in [1.54, 1.807) is 6.92 Å². The predicted molar refractivity (Wildman–Crippen MR) is 104 cm³/mol. The summed E-state index contributed by atoms with van der Waals surface area (Å²) in [6.45, 7) is 15.1. The summed E-state index contributed by atoms with van der Waals surface area (Å²) in [5.41, 5.74) is 0.389. The molecule has 0 radical (unpaired) electrons. The topological polar surface area (TPSA) is 82.1 Å². The highest BCUT2D eigenvalue weighted by molar-refractivity contribution is 6.84. The second-order valence-corrected chi connectivity index (χ2v) is 16.4. The Labute approximate surface area is 153 Å². The minimum atomic E-state index is -1.82. The van der Waals surface area contributed by atoms with Crippen molar-refractivity contribution in [3.63, 3.8) is 0 Å². The molecule has 0 heterocycles. The van der Waals surface area contributed by atoms with Gasteiger partial charge in [0.25, 0.3) is 0 Å². The smallest absolute Gasteiger partial charge is 0.333 e. The Bertz CT molecular complexity index is 448. The number of hydrogen-bond donors (Lipinski definition) is 1. The lowest BCUT2D eigenvalue weighted by atomic mass is 10.3. The van der Waals surface area contributed by atoms with E-state index in [1.807, 2.05) is 0 Å². The van der Waals surface area contributed by atoms with Gasteiger partial charge in [0.2, 0.25) is 0 Å². The van der Waals surface area contributed by atoms with Crippen LogP contribution in [0.25, 0.3) is 0 Å². The van der Waals surface area contributed by atoms with Crippen molar-refractivity contribution in [1.82, 2.24) is 0 Å². The molecule has 1 N–H and O–H groups in total. The van der Waals surface area contributed by atoms with Gasteiger partial charge in [-0.2, -0.15) is 0 Å². The van der Waals surface area contributed by atoms with Crippen LogP contribution in [0.1, 0.15) is 26.2 Å². The standard InChI is InChI=1S/C17H34O6Si2/c1-15(2)17(20)22-12-11-21-10-8-14-25(5,6)23-24(3,4)13-7-9-16(18)19/h1,7-14H2,2-6H3,(H,18,19). The van der Waals surface area contributed by atoms with Crippen molar-refractivity contribution >= 4 is 28.6 Å². The number of hydrogen-bond acceptors (Lipinski definition) is 5. The summed E-state index contributed by atoms with van der Waals surface area (Å²) in [6.07, 6.45) is 1.81. The average molecular weight is 391 g/mol. The number of ether oxygens (including phenoxy) is 2. The van der Waals surface area contributed by atoms with Crippen molar-refractivity contribution in [3.05, 3.63) is 12.2 Å². The van der Waals surface area contributed by atoms with Gasteiger partial charge in [-0.15, -0.1) is 0 Å². The summed E-state index contributed by atoms with van der Waals surface area (Å²) in [6, 6.07) is 1.87. The van der Waals surface area contributed by atoms with Crippen LogP contribution in [0.15, 0.2) is 12.2 Å². The van der Waals surface area contributed by atoms with Crippen molar-refractivity contribution in [2.75, 3.05) is 19.8 Å². The lowest BCUT2D eigenvalue weighted by molar-refractivity contribution is -0.140. The van der Waals surface area contributed by atoms with E-state index in [-0.39, 0.29) is 19.0 Å². The van der Waals surface area contributed by atoms with E-state index >= 15 is 0 Å². The predicted octanol–water partition coefficient (Wildman–Crippen LogP) is 3.80. The van der Waals surface area contributed by atoms with Crippen LogP contribution in [0.4, 0.5) is 0 Å². The first-order valence-electron chi connectivity index (χ1n) is 8.77. The Morgan fingerprint density at radius 2 is 1.52 bits per heavy atom. The Hall–Kier alpha value is -0.966. The lowest BCUT2D eigenvalue weighted by Crippen LogP contribution is -2.44. The van der Waals surface area contributed by atoms with E-state index in [9.17, 15) is 9.59 Å². The van der Waals surface area contributed by atoms with Crippen LogP contribution >= 0.6 is 0 Å². The van der Waals surface area contributed by atoms with E-state index < -0.39 is 22.6 Å². The molecule has 0 aromatic rings. The maximum atomic E-state index is 11.2. The Morgan fingerprint density at radius 3 is 2.04 bits per heavy atom. The lowest BCUT2D eigenvalue weighted by Gasteiger charge is -2.34. The number of aliphatic carboxylic acids is 1. The molecule has 6 nitrogen and oxygen atoms in total. The molecule has 0 bridgehead atoms. The highest BCUT2D eigenvalue weighted by Gasteiger charge is 2.32. The summed E-state index contributed by atoms with van der Waals surface area (Å²) in [5, 5.41) is 8.74. The molecule has 0 saturated carbocycles. The summed E-state index contributed by atoms with van der Waals surface area (Å²) in [7, 11) is -3.60. The first-order valence-corrected chi connectivity index (χ1v) is 15.0. The van der Waals surface area contributed by atoms with Gasteiger partial charge in [-0.25, -0.2) is 4.79 Å². The minimum absolute atomic E-state index is 0.214. The van der Waals surface area contributed by atoms with Crippen molar-refractivity contribution < 1.29 is 28.3 Å². The van der Waals surface area contributed by atoms with Crippen LogP contribution in [0.2, 0.25) is 38.3 Å². The fourth-order valence-corrected chi connectivity index (χ4v) is 11.4. The fraction of sp³-hybridized carbons (Fsp3) is 0.765. The van der Waals surface area contributed by atoms with Crippen LogP contribution in [0, 0.1) is 0 Å². The maximum Gasteiger partial charge on any atom is 0.333 e. The number of esters is 1. The molecule has 0 unspecified atom stereocenters. The minimum Gasteiger partial charge on any atom is -0.481 e. The van der Waals surface area contributed by atoms with Crippen LogP contribution in [-0.4, -0.2) is 53.5 Å². The molecule has 0 aliphatic rings. The van der Waals surface area contributed by atoms with E-state index in [2.05, 4.69) is 32.8 Å². The maximum absolute atomic E-state index is 11.2. The molecule has 0 atom stereocenters. The molecule has 146 valence electrons. The second kappa shape index (κ2) is 11.6. The highest BCUT2D eigenvalue weighted by atomic mass is 28.4. The number of carboxylic acids is 1. The third-order valence-corrected chi connectivity index (χ3v) is 11.1. The van der Waals surface area contributed by atoms with Gasteiger partial charge in [-0.1, -0.05) is 6.58 Å². The van der Waals surface area contributed by atoms with Gasteiger partial charge in [0, 0.05) is 18.6 Å². The first-order chi connectivity index (χ1) is 11.5. The zero-order valence-corrected chi connectivity index (χ0v) is 18.4. The van der Waals surface area contributed by atoms with Gasteiger partial charge in [0.05, 0.1) is 6.61 Å². The first kappa shape index (κ1) is 24.0. The number of carbonyl (C=O) groups is 2. The summed E-state index contributed by atoms with van der Waals surface area (Å²) < 4.78 is 16.9. The molecule has 25 heavy (non-hydrogen) atoms. The number of rotatable bonds is 14. The van der Waals surface area contributed by atoms with E-state index in [0.29, 0.717) is 25.2 Å². The molecule has 0 rings (SSSR count). The molecule has 0 aliphatic carbocycles. The van der Waals surface area contributed by atoms with Crippen molar-refractivity contribution in [3.8, 4) is 0 Å². The molecule has 0 spiro atoms. The molecule has 0 amide bonds. The van der Waals surface area contributed by atoms with Crippen molar-refractivity contribution in [2.45, 2.75) is 64.5 Å². The number of carbonyl (C=O) groups excluding carboxylic acids is 1. The van der Waals surface area contributed by atoms with Gasteiger partial charge < -0.3 is 18.7 Å². The van der Waals surface area contributed by atoms with Gasteiger partial charge in [-0.05, 0) is 58.0 Å². The van der Waals surface area contributed by atoms with Crippen LogP contribution in [0.5, 0.6) is 0 Å². The van der Waals surface area contributed by atoms with Gasteiger partial charge in [-0.3, -0.25) is 4.79 Å². The third kappa shape index (κ3) is 13.9. The van der Waals surface area contributed by atoms with Crippen LogP contribution in [-0.2, 0) is 23.2 Å². The molecular formula is C17H34O6Si2. The molecule has 0 aromatic carbocycles. The van der Waals surface area contributed by atoms with E-state index in [4.69, 9.17) is 18.7 Å². The molecular weight excluding hydrogens is 356 g/mol. The Balaban J connectivity index is 3.90. The van der Waals surface area contributed by atoms with Gasteiger partial charge >= 0.3 is 11.9 Å². The van der Waals surface area contributed by atoms with Crippen LogP contribution < -0.4 is 0 Å². The Kier molecular flexibility index (Phi) is 11.2. The number of carboxylic acid groups (broad SMARTS) is 1. The highest BCUT2D eigenvalue weighted by Crippen LogP contribution is 2.24. The van der Waals surface area contributed by atoms with Gasteiger partial charge in [0.1, 0.15) is 6.61 Å². The average Bonchev–Trinajstić information content (AvgIpc) is 2.43. The summed E-state index contributed by atoms with van der Waals surface area (Å²) in [4.78, 5) is 21.8. The summed E-state index contributed by atoms with van der Waals surface area (Å²) in [5.74, 6) is -1.13. The van der Waals surface area contributed by atoms with E-state index in [0.717, 1.165) is 18.5 Å². The van der Waals surface area contributed by atoms with Gasteiger partial charge in [0.15, 0.2) is 16.6 Å². The van der Waals surface area contributed by atoms with E-state index in [1.165, 1.54) is 0 Å². The molecule has 0 aliphatic heterocycles. The summed E-state index contributed by atoms with van der Waals surface area (Å²) >= 11 is 0. The van der Waals surface area contributed by atoms with Crippen molar-refractivity contribution in [1.29, 1.82) is 0 Å². The SMILES string of the molecule is C=C(C)C(=O)OCCOCCC[Si](C)(C)O[Si](C)(C)CCCC(=O)O. The normalized spacial score (nSPS) is 12.0. The van der Waals surface area contributed by atoms with Crippen molar-refractivity contribution in [2.24, 2.45) is 0 Å².